The highest BCUT2D eigenvalue weighted by atomic mass is 35.5. The van der Waals surface area contributed by atoms with Crippen LogP contribution in [0, 0.1) is 18.3 Å². The third kappa shape index (κ3) is 8.71. The number of amides is 5. The summed E-state index contributed by atoms with van der Waals surface area (Å²) in [5.74, 6) is -7.81. The van der Waals surface area contributed by atoms with E-state index in [9.17, 15) is 19.2 Å². The fourth-order valence-electron chi connectivity index (χ4n) is 11.5. The number of halogens is 5. The van der Waals surface area contributed by atoms with Gasteiger partial charge in [0.1, 0.15) is 0 Å². The summed E-state index contributed by atoms with van der Waals surface area (Å²) < 4.78 is 71.9. The van der Waals surface area contributed by atoms with Gasteiger partial charge in [0.15, 0.2) is 17.2 Å². The van der Waals surface area contributed by atoms with Crippen LogP contribution in [0.4, 0.5) is 45.2 Å². The van der Waals surface area contributed by atoms with Gasteiger partial charge in [-0.15, -0.1) is 5.10 Å². The van der Waals surface area contributed by atoms with Crippen molar-refractivity contribution in [2.24, 2.45) is 11.3 Å². The van der Waals surface area contributed by atoms with Gasteiger partial charge in [0.2, 0.25) is 5.91 Å². The van der Waals surface area contributed by atoms with Crippen LogP contribution >= 0.6 is 11.6 Å². The number of aryl methyl sites for hydroxylation is 1. The number of imidazole rings is 1. The molecule has 1 spiro atoms. The van der Waals surface area contributed by atoms with Crippen molar-refractivity contribution in [2.75, 3.05) is 88.2 Å². The second-order valence-electron chi connectivity index (χ2n) is 19.9. The van der Waals surface area contributed by atoms with Crippen LogP contribution in [0.5, 0.6) is 0 Å². The van der Waals surface area contributed by atoms with E-state index in [1.807, 2.05) is 24.3 Å². The maximum Gasteiger partial charge on any atom is 0.328 e. The van der Waals surface area contributed by atoms with E-state index >= 15 is 17.6 Å². The van der Waals surface area contributed by atoms with Crippen LogP contribution in [0.1, 0.15) is 82.5 Å². The summed E-state index contributed by atoms with van der Waals surface area (Å²) in [6, 6.07) is 10.2. The number of aromatic nitrogens is 3. The van der Waals surface area contributed by atoms with Gasteiger partial charge >= 0.3 is 6.03 Å². The van der Waals surface area contributed by atoms with Crippen molar-refractivity contribution < 1.29 is 41.5 Å². The molecule has 0 radical (unpaired) electrons. The number of alkyl halides is 4. The highest BCUT2D eigenvalue weighted by Gasteiger charge is 2.58. The molecule has 70 heavy (non-hydrogen) atoms. The quantitative estimate of drug-likeness (QED) is 0.141. The molecule has 5 aliphatic heterocycles. The number of anilines is 4. The topological polar surface area (TPSA) is 160 Å². The minimum absolute atomic E-state index is 0.0323. The van der Waals surface area contributed by atoms with Gasteiger partial charge in [0.25, 0.3) is 23.7 Å². The number of nitrogens with one attached hydrogen (secondary N) is 3. The van der Waals surface area contributed by atoms with E-state index < -0.39 is 48.2 Å². The highest BCUT2D eigenvalue weighted by molar-refractivity contribution is 6.35. The number of carbonyl (C=O) groups excluding carboxylic acids is 4. The molecular formula is C49H58ClF4N11O5. The Morgan fingerprint density at radius 2 is 1.69 bits per heavy atom. The molecule has 10 rings (SSSR count). The monoisotopic (exact) mass is 991 g/mol. The molecule has 2 aromatic carbocycles. The first-order valence-corrected chi connectivity index (χ1v) is 24.6. The first-order valence-electron chi connectivity index (χ1n) is 24.2. The van der Waals surface area contributed by atoms with E-state index in [4.69, 9.17) is 21.4 Å². The molecule has 4 saturated heterocycles. The standard InChI is InChI=1S/C49H58ClF4N11O5/c1-29-21-31(22-37(42(29)50)64-17-11-41(66)58-46(64)69)45(68)62-19-13-47(14-20-62)12-18-61(28-49(47,53)54)26-32-9-15-60(27-48(32,51)52)25-30-5-4-6-36-33(30)10-16-63(36)40-23-35(55-2)43-56-24-38(65(43)59-40)44(67)57-34-7-8-39(34)70-3/h4-6,21-24,32,34,39,55H,7-20,25-28H2,1-3H3,(H,57,67)(H,58,66,69)/t32?,34-,39-/m1/s1. The van der Waals surface area contributed by atoms with Gasteiger partial charge in [0, 0.05) is 88.5 Å². The first kappa shape index (κ1) is 48.1. The predicted molar refractivity (Wildman–Crippen MR) is 255 cm³/mol. The van der Waals surface area contributed by atoms with Gasteiger partial charge in [-0.2, -0.15) is 0 Å². The Morgan fingerprint density at radius 1 is 0.914 bits per heavy atom. The fourth-order valence-corrected chi connectivity index (χ4v) is 11.7. The lowest BCUT2D eigenvalue weighted by Crippen LogP contribution is -2.61. The molecule has 5 amide bonds. The number of rotatable bonds is 11. The molecule has 0 bridgehead atoms. The minimum atomic E-state index is -3.16. The lowest BCUT2D eigenvalue weighted by Gasteiger charge is -2.52. The van der Waals surface area contributed by atoms with Gasteiger partial charge < -0.3 is 25.2 Å². The predicted octanol–water partition coefficient (Wildman–Crippen LogP) is 6.50. The second kappa shape index (κ2) is 18.6. The Kier molecular flexibility index (Phi) is 12.7. The number of likely N-dealkylation sites (tertiary alicyclic amines) is 3. The second-order valence-corrected chi connectivity index (χ2v) is 20.3. The van der Waals surface area contributed by atoms with Crippen LogP contribution in [0.25, 0.3) is 5.65 Å². The average molecular weight is 993 g/mol. The lowest BCUT2D eigenvalue weighted by molar-refractivity contribution is -0.194. The van der Waals surface area contributed by atoms with Crippen LogP contribution in [0.3, 0.4) is 0 Å². The summed E-state index contributed by atoms with van der Waals surface area (Å²) in [6.45, 7) is 2.31. The molecule has 3 atom stereocenters. The van der Waals surface area contributed by atoms with Gasteiger partial charge in [-0.1, -0.05) is 23.7 Å². The largest absolute Gasteiger partial charge is 0.385 e. The van der Waals surface area contributed by atoms with Gasteiger partial charge in [0.05, 0.1) is 47.8 Å². The van der Waals surface area contributed by atoms with Crippen LogP contribution in [0.15, 0.2) is 42.6 Å². The van der Waals surface area contributed by atoms with Gasteiger partial charge in [-0.05, 0) is 99.8 Å². The van der Waals surface area contributed by atoms with Gasteiger partial charge in [-0.3, -0.25) is 34.4 Å². The summed E-state index contributed by atoms with van der Waals surface area (Å²) in [4.78, 5) is 64.2. The van der Waals surface area contributed by atoms with E-state index in [1.54, 1.807) is 41.5 Å². The average Bonchev–Trinajstić information content (AvgIpc) is 3.96. The molecule has 2 aromatic heterocycles. The van der Waals surface area contributed by atoms with Crippen molar-refractivity contribution in [3.63, 3.8) is 0 Å². The zero-order chi connectivity index (χ0) is 49.3. The zero-order valence-electron chi connectivity index (χ0n) is 39.5. The molecule has 3 N–H and O–H groups in total. The number of carbonyl (C=O) groups is 4. The SMILES string of the molecule is CNc1cc(N2CCc3c(CN4CCC(CN5CCC6(CCN(C(=O)c7cc(C)c(Cl)c(N8CCC(=O)NC8=O)c7)CC6)C(F)(F)C5)C(F)(F)C4)cccc32)nn2c(C(=O)N[C@@H]3CC[C@H]3OC)cnc12. The maximum atomic E-state index is 16.3. The van der Waals surface area contributed by atoms with Crippen LogP contribution in [0.2, 0.25) is 5.02 Å². The fraction of sp³-hybridized carbons (Fsp3) is 0.551. The summed E-state index contributed by atoms with van der Waals surface area (Å²) >= 11 is 6.55. The van der Waals surface area contributed by atoms with Crippen LogP contribution < -0.4 is 25.8 Å². The van der Waals surface area contributed by atoms with Crippen molar-refractivity contribution in [1.29, 1.82) is 0 Å². The van der Waals surface area contributed by atoms with E-state index in [0.717, 1.165) is 29.7 Å². The number of urea groups is 1. The van der Waals surface area contributed by atoms with E-state index in [2.05, 4.69) is 25.8 Å². The maximum absolute atomic E-state index is 16.3. The van der Waals surface area contributed by atoms with Crippen LogP contribution in [-0.4, -0.2) is 150 Å². The van der Waals surface area contributed by atoms with Gasteiger partial charge in [-0.25, -0.2) is 31.9 Å². The zero-order valence-corrected chi connectivity index (χ0v) is 40.3. The normalized spacial score (nSPS) is 24.4. The molecule has 374 valence electrons. The Balaban J connectivity index is 0.751. The number of benzene rings is 2. The van der Waals surface area contributed by atoms with E-state index in [-0.39, 0.29) is 105 Å². The molecule has 7 heterocycles. The number of imide groups is 1. The molecule has 1 unspecified atom stereocenters. The number of ether oxygens (including phenoxy) is 1. The molecule has 6 aliphatic rings. The van der Waals surface area contributed by atoms with E-state index in [1.165, 1.54) is 22.1 Å². The van der Waals surface area contributed by atoms with Crippen molar-refractivity contribution in [3.8, 4) is 0 Å². The molecule has 1 aliphatic carbocycles. The number of hydrogen-bond acceptors (Lipinski definition) is 11. The first-order chi connectivity index (χ1) is 33.5. The molecule has 16 nitrogen and oxygen atoms in total. The Hall–Kier alpha value is -5.57. The molecular weight excluding hydrogens is 934 g/mol. The minimum Gasteiger partial charge on any atom is -0.385 e. The lowest BCUT2D eigenvalue weighted by atomic mass is 9.68. The van der Waals surface area contributed by atoms with Crippen molar-refractivity contribution in [1.82, 2.24) is 39.9 Å². The molecule has 21 heteroatoms. The van der Waals surface area contributed by atoms with E-state index in [0.29, 0.717) is 54.5 Å². The Labute approximate surface area is 408 Å². The number of fused-ring (bicyclic) bond motifs is 2. The summed E-state index contributed by atoms with van der Waals surface area (Å²) in [7, 11) is 3.42. The van der Waals surface area contributed by atoms with Crippen molar-refractivity contribution in [3.05, 3.63) is 75.6 Å². The number of nitrogens with zero attached hydrogens (tertiary/aromatic N) is 8. The summed E-state index contributed by atoms with van der Waals surface area (Å²) in [5, 5.41) is 13.6. The van der Waals surface area contributed by atoms with Crippen molar-refractivity contribution in [2.45, 2.75) is 88.8 Å². The molecule has 5 fully saturated rings. The third-order valence-corrected chi connectivity index (χ3v) is 16.3. The summed E-state index contributed by atoms with van der Waals surface area (Å²) in [5.41, 5.74) is 4.11. The number of methoxy groups -OCH3 is 1. The molecule has 4 aromatic rings. The smallest absolute Gasteiger partial charge is 0.328 e. The summed E-state index contributed by atoms with van der Waals surface area (Å²) in [6.07, 6.45) is 4.34. The number of piperidine rings is 3. The Morgan fingerprint density at radius 3 is 2.39 bits per heavy atom. The number of hydrogen-bond donors (Lipinski definition) is 3. The highest BCUT2D eigenvalue weighted by Crippen LogP contribution is 2.52. The third-order valence-electron chi connectivity index (χ3n) is 15.8. The van der Waals surface area contributed by atoms with Crippen LogP contribution in [-0.2, 0) is 22.5 Å². The Bertz CT molecular complexity index is 2730. The molecule has 1 saturated carbocycles. The van der Waals surface area contributed by atoms with Crippen molar-refractivity contribution >= 4 is 63.9 Å².